The first-order valence-corrected chi connectivity index (χ1v) is 10.5. The maximum absolute atomic E-state index is 13.4. The molecule has 1 atom stereocenters. The summed E-state index contributed by atoms with van der Waals surface area (Å²) in [6.07, 6.45) is 0. The van der Waals surface area contributed by atoms with Gasteiger partial charge in [-0.2, -0.15) is 4.72 Å². The maximum atomic E-state index is 13.4. The first-order valence-electron chi connectivity index (χ1n) is 7.64. The molecule has 0 spiro atoms. The van der Waals surface area contributed by atoms with Crippen LogP contribution < -0.4 is 10.2 Å². The summed E-state index contributed by atoms with van der Waals surface area (Å²) in [6.45, 7) is 0. The lowest BCUT2D eigenvalue weighted by atomic mass is 10.1. The van der Waals surface area contributed by atoms with Gasteiger partial charge in [-0.15, -0.1) is 11.3 Å². The summed E-state index contributed by atoms with van der Waals surface area (Å²) in [4.78, 5) is 12.0. The molecule has 6 nitrogen and oxygen atoms in total. The van der Waals surface area contributed by atoms with Crippen molar-refractivity contribution in [3.63, 3.8) is 0 Å². The van der Waals surface area contributed by atoms with Gasteiger partial charge in [0.05, 0.1) is 10.8 Å². The summed E-state index contributed by atoms with van der Waals surface area (Å²) >= 11 is 7.25. The number of sulfonamides is 1. The first kappa shape index (κ1) is 19.7. The fourth-order valence-corrected chi connectivity index (χ4v) is 4.84. The zero-order valence-corrected chi connectivity index (χ0v) is 16.0. The fourth-order valence-electron chi connectivity index (χ4n) is 2.58. The summed E-state index contributed by atoms with van der Waals surface area (Å²) in [5.41, 5.74) is 2.03. The lowest BCUT2D eigenvalue weighted by Gasteiger charge is -2.18. The Bertz CT molecular complexity index is 1100. The highest BCUT2D eigenvalue weighted by Gasteiger charge is 2.27. The van der Waals surface area contributed by atoms with Crippen molar-refractivity contribution in [3.05, 3.63) is 69.8 Å². The van der Waals surface area contributed by atoms with Gasteiger partial charge in [-0.05, 0) is 52.2 Å². The van der Waals surface area contributed by atoms with Gasteiger partial charge in [0.15, 0.2) is 0 Å². The van der Waals surface area contributed by atoms with Crippen molar-refractivity contribution in [1.29, 1.82) is 0 Å². The molecule has 0 unspecified atom stereocenters. The monoisotopic (exact) mass is 428 g/mol. The summed E-state index contributed by atoms with van der Waals surface area (Å²) in [6, 6.07) is 9.01. The van der Waals surface area contributed by atoms with E-state index in [2.05, 4.69) is 4.72 Å². The molecule has 0 saturated carbocycles. The van der Waals surface area contributed by atoms with Gasteiger partial charge >= 0.3 is 0 Å². The van der Waals surface area contributed by atoms with E-state index in [1.807, 2.05) is 17.5 Å². The number of halogens is 2. The number of amides is 1. The van der Waals surface area contributed by atoms with E-state index in [1.165, 1.54) is 11.5 Å². The molecular formula is C17H14ClFN2O4S2. The molecule has 10 heteroatoms. The van der Waals surface area contributed by atoms with Crippen LogP contribution in [0.5, 0.6) is 0 Å². The molecule has 142 valence electrons. The number of nitrogens with one attached hydrogen (secondary N) is 2. The largest absolute Gasteiger partial charge is 0.289 e. The van der Waals surface area contributed by atoms with E-state index in [-0.39, 0.29) is 16.3 Å². The van der Waals surface area contributed by atoms with Crippen LogP contribution in [0.2, 0.25) is 5.02 Å². The van der Waals surface area contributed by atoms with E-state index in [9.17, 15) is 17.6 Å². The zero-order chi connectivity index (χ0) is 19.6. The van der Waals surface area contributed by atoms with Gasteiger partial charge in [0, 0.05) is 4.70 Å². The molecule has 0 saturated heterocycles. The molecule has 0 radical (unpaired) electrons. The molecule has 3 aromatic rings. The second-order valence-electron chi connectivity index (χ2n) is 5.75. The van der Waals surface area contributed by atoms with E-state index >= 15 is 0 Å². The molecule has 0 aliphatic heterocycles. The number of benzene rings is 2. The van der Waals surface area contributed by atoms with E-state index < -0.39 is 27.8 Å². The number of hydroxylamine groups is 1. The van der Waals surface area contributed by atoms with Crippen molar-refractivity contribution >= 4 is 49.0 Å². The number of thiophene rings is 1. The molecule has 0 aliphatic rings. The number of fused-ring (bicyclic) bond motifs is 1. The van der Waals surface area contributed by atoms with Crippen LogP contribution in [0.4, 0.5) is 4.39 Å². The third-order valence-corrected chi connectivity index (χ3v) is 6.32. The van der Waals surface area contributed by atoms with Gasteiger partial charge in [-0.1, -0.05) is 23.7 Å². The SMILES string of the molecule is O=C(NO)[C@@H](NS(=O)(=O)Cc1ccc2sccc2c1)c1ccc(F)c(Cl)c1. The van der Waals surface area contributed by atoms with Crippen molar-refractivity contribution in [1.82, 2.24) is 10.2 Å². The quantitative estimate of drug-likeness (QED) is 0.414. The summed E-state index contributed by atoms with van der Waals surface area (Å²) in [5.74, 6) is -2.10. The second kappa shape index (κ2) is 7.91. The molecule has 3 N–H and O–H groups in total. The number of hydrogen-bond donors (Lipinski definition) is 3. The number of carbonyl (C=O) groups is 1. The van der Waals surface area contributed by atoms with Crippen LogP contribution in [0.15, 0.2) is 47.8 Å². The van der Waals surface area contributed by atoms with E-state index in [1.54, 1.807) is 23.5 Å². The van der Waals surface area contributed by atoms with Crippen molar-refractivity contribution in [2.24, 2.45) is 0 Å². The molecule has 1 amide bonds. The molecule has 0 fully saturated rings. The van der Waals surface area contributed by atoms with Gasteiger partial charge in [-0.25, -0.2) is 18.3 Å². The minimum atomic E-state index is -3.97. The van der Waals surface area contributed by atoms with Gasteiger partial charge < -0.3 is 0 Å². The molecule has 0 aliphatic carbocycles. The standard InChI is InChI=1S/C17H14ClFN2O4S2/c18-13-8-12(2-3-14(13)19)16(17(22)20-23)21-27(24,25)9-10-1-4-15-11(7-10)5-6-26-15/h1-8,16,21,23H,9H2,(H,20,22)/t16-/m0/s1. The third kappa shape index (κ3) is 4.63. The van der Waals surface area contributed by atoms with E-state index in [0.29, 0.717) is 5.56 Å². The Morgan fingerprint density at radius 1 is 1.22 bits per heavy atom. The number of rotatable bonds is 6. The Kier molecular flexibility index (Phi) is 5.78. The second-order valence-corrected chi connectivity index (χ2v) is 8.86. The highest BCUT2D eigenvalue weighted by atomic mass is 35.5. The van der Waals surface area contributed by atoms with Crippen LogP contribution >= 0.6 is 22.9 Å². The van der Waals surface area contributed by atoms with Gasteiger partial charge in [0.1, 0.15) is 11.9 Å². The van der Waals surface area contributed by atoms with Crippen molar-refractivity contribution < 1.29 is 22.8 Å². The predicted molar refractivity (Wildman–Crippen MR) is 102 cm³/mol. The Hall–Kier alpha value is -2.04. The Morgan fingerprint density at radius 3 is 2.70 bits per heavy atom. The zero-order valence-electron chi connectivity index (χ0n) is 13.6. The minimum absolute atomic E-state index is 0.0878. The van der Waals surface area contributed by atoms with E-state index in [4.69, 9.17) is 16.8 Å². The van der Waals surface area contributed by atoms with Crippen LogP contribution in [0, 0.1) is 5.82 Å². The molecule has 2 aromatic carbocycles. The highest BCUT2D eigenvalue weighted by molar-refractivity contribution is 7.88. The lowest BCUT2D eigenvalue weighted by molar-refractivity contribution is -0.131. The predicted octanol–water partition coefficient (Wildman–Crippen LogP) is 3.36. The normalized spacial score (nSPS) is 12.9. The Balaban J connectivity index is 1.86. The van der Waals surface area contributed by atoms with Crippen LogP contribution in [0.3, 0.4) is 0 Å². The lowest BCUT2D eigenvalue weighted by Crippen LogP contribution is -2.39. The minimum Gasteiger partial charge on any atom is -0.289 e. The third-order valence-electron chi connectivity index (χ3n) is 3.82. The topological polar surface area (TPSA) is 95.5 Å². The Labute approximate surface area is 163 Å². The van der Waals surface area contributed by atoms with Gasteiger partial charge in [0.25, 0.3) is 5.91 Å². The van der Waals surface area contributed by atoms with E-state index in [0.717, 1.165) is 22.2 Å². The molecule has 27 heavy (non-hydrogen) atoms. The first-order chi connectivity index (χ1) is 12.8. The van der Waals surface area contributed by atoms with Gasteiger partial charge in [-0.3, -0.25) is 10.0 Å². The molecule has 0 bridgehead atoms. The smallest absolute Gasteiger partial charge is 0.266 e. The average molecular weight is 429 g/mol. The molecule has 1 heterocycles. The molecule has 1 aromatic heterocycles. The molecule has 3 rings (SSSR count). The Morgan fingerprint density at radius 2 is 2.00 bits per heavy atom. The van der Waals surface area contributed by atoms with Crippen LogP contribution in [0.1, 0.15) is 17.2 Å². The van der Waals surface area contributed by atoms with Gasteiger partial charge in [0.2, 0.25) is 10.0 Å². The fraction of sp³-hybridized carbons (Fsp3) is 0.118. The van der Waals surface area contributed by atoms with Crippen molar-refractivity contribution in [2.75, 3.05) is 0 Å². The summed E-state index contributed by atoms with van der Waals surface area (Å²) < 4.78 is 41.7. The number of carbonyl (C=O) groups excluding carboxylic acids is 1. The number of hydrogen-bond acceptors (Lipinski definition) is 5. The highest BCUT2D eigenvalue weighted by Crippen LogP contribution is 2.24. The average Bonchev–Trinajstić information content (AvgIpc) is 3.09. The van der Waals surface area contributed by atoms with Crippen LogP contribution in [-0.2, 0) is 20.6 Å². The van der Waals surface area contributed by atoms with Crippen molar-refractivity contribution in [3.8, 4) is 0 Å². The maximum Gasteiger partial charge on any atom is 0.266 e. The summed E-state index contributed by atoms with van der Waals surface area (Å²) in [5, 5.41) is 11.5. The van der Waals surface area contributed by atoms with Crippen molar-refractivity contribution in [2.45, 2.75) is 11.8 Å². The summed E-state index contributed by atoms with van der Waals surface area (Å²) in [7, 11) is -3.97. The van der Waals surface area contributed by atoms with Crippen LogP contribution in [0.25, 0.3) is 10.1 Å². The molecular weight excluding hydrogens is 415 g/mol. The van der Waals surface area contributed by atoms with Crippen LogP contribution in [-0.4, -0.2) is 19.5 Å².